The van der Waals surface area contributed by atoms with Gasteiger partial charge in [0.1, 0.15) is 0 Å². The maximum absolute atomic E-state index is 12.7. The number of hydrogen-bond acceptors (Lipinski definition) is 4. The standard InChI is InChI=1S/C16H15N5O/c1-11-5-6-12-3-2-4-14(15(12)18-11)16(22)20-9-13(10-20)21-8-7-17-19-21/h2-8,13H,9-10H2,1H3. The van der Waals surface area contributed by atoms with Crippen LogP contribution in [0.3, 0.4) is 0 Å². The van der Waals surface area contributed by atoms with Gasteiger partial charge in [0.2, 0.25) is 0 Å². The third-order valence-electron chi connectivity index (χ3n) is 4.05. The Morgan fingerprint density at radius 1 is 1.23 bits per heavy atom. The van der Waals surface area contributed by atoms with Crippen LogP contribution in [0.4, 0.5) is 0 Å². The van der Waals surface area contributed by atoms with Gasteiger partial charge in [0.25, 0.3) is 5.91 Å². The Kier molecular flexibility index (Phi) is 2.89. The fourth-order valence-electron chi connectivity index (χ4n) is 2.79. The summed E-state index contributed by atoms with van der Waals surface area (Å²) in [5, 5.41) is 8.78. The molecule has 1 aromatic carbocycles. The minimum Gasteiger partial charge on any atom is -0.334 e. The van der Waals surface area contributed by atoms with Crippen LogP contribution < -0.4 is 0 Å². The van der Waals surface area contributed by atoms with Gasteiger partial charge in [-0.05, 0) is 19.1 Å². The molecule has 1 saturated heterocycles. The number of pyridine rings is 1. The number of para-hydroxylation sites is 1. The van der Waals surface area contributed by atoms with Crippen molar-refractivity contribution >= 4 is 16.8 Å². The molecule has 0 bridgehead atoms. The molecule has 3 aromatic rings. The first-order valence-corrected chi connectivity index (χ1v) is 7.24. The van der Waals surface area contributed by atoms with Crippen LogP contribution in [-0.4, -0.2) is 43.9 Å². The number of hydrogen-bond donors (Lipinski definition) is 0. The third-order valence-corrected chi connectivity index (χ3v) is 4.05. The van der Waals surface area contributed by atoms with Gasteiger partial charge in [-0.3, -0.25) is 9.78 Å². The van der Waals surface area contributed by atoms with Crippen molar-refractivity contribution in [2.75, 3.05) is 13.1 Å². The second kappa shape index (κ2) is 4.91. The van der Waals surface area contributed by atoms with Gasteiger partial charge >= 0.3 is 0 Å². The first-order valence-electron chi connectivity index (χ1n) is 7.24. The lowest BCUT2D eigenvalue weighted by atomic mass is 10.0. The van der Waals surface area contributed by atoms with Crippen LogP contribution in [0.1, 0.15) is 22.1 Å². The summed E-state index contributed by atoms with van der Waals surface area (Å²) in [7, 11) is 0. The Bertz CT molecular complexity index is 837. The van der Waals surface area contributed by atoms with Crippen molar-refractivity contribution in [3.8, 4) is 0 Å². The molecule has 0 unspecified atom stereocenters. The summed E-state index contributed by atoms with van der Waals surface area (Å²) in [6.07, 6.45) is 3.48. The highest BCUT2D eigenvalue weighted by molar-refractivity contribution is 6.05. The maximum atomic E-state index is 12.7. The van der Waals surface area contributed by atoms with Crippen molar-refractivity contribution in [3.05, 3.63) is 54.0 Å². The second-order valence-corrected chi connectivity index (χ2v) is 5.58. The molecule has 1 amide bonds. The molecular weight excluding hydrogens is 278 g/mol. The van der Waals surface area contributed by atoms with Crippen molar-refractivity contribution in [1.82, 2.24) is 24.9 Å². The molecule has 0 aliphatic carbocycles. The molecule has 6 heteroatoms. The van der Waals surface area contributed by atoms with Crippen molar-refractivity contribution in [3.63, 3.8) is 0 Å². The van der Waals surface area contributed by atoms with Gasteiger partial charge in [-0.1, -0.05) is 23.4 Å². The van der Waals surface area contributed by atoms with Crippen molar-refractivity contribution in [1.29, 1.82) is 0 Å². The minimum atomic E-state index is 0.0278. The van der Waals surface area contributed by atoms with Crippen LogP contribution in [0.15, 0.2) is 42.7 Å². The van der Waals surface area contributed by atoms with Crippen molar-refractivity contribution < 1.29 is 4.79 Å². The highest BCUT2D eigenvalue weighted by atomic mass is 16.2. The molecule has 3 heterocycles. The van der Waals surface area contributed by atoms with E-state index in [4.69, 9.17) is 0 Å². The summed E-state index contributed by atoms with van der Waals surface area (Å²) in [5.74, 6) is 0.0278. The molecule has 0 N–H and O–H groups in total. The van der Waals surface area contributed by atoms with Gasteiger partial charge in [-0.15, -0.1) is 5.10 Å². The number of benzene rings is 1. The number of aryl methyl sites for hydroxylation is 1. The van der Waals surface area contributed by atoms with Crippen LogP contribution in [0.2, 0.25) is 0 Å². The predicted molar refractivity (Wildman–Crippen MR) is 81.4 cm³/mol. The van der Waals surface area contributed by atoms with E-state index in [1.807, 2.05) is 48.4 Å². The monoisotopic (exact) mass is 293 g/mol. The Morgan fingerprint density at radius 3 is 2.86 bits per heavy atom. The number of aromatic nitrogens is 4. The van der Waals surface area contributed by atoms with Crippen LogP contribution in [0, 0.1) is 6.92 Å². The topological polar surface area (TPSA) is 63.9 Å². The van der Waals surface area contributed by atoms with E-state index in [0.717, 1.165) is 16.6 Å². The van der Waals surface area contributed by atoms with E-state index >= 15 is 0 Å². The van der Waals surface area contributed by atoms with E-state index in [9.17, 15) is 4.79 Å². The van der Waals surface area contributed by atoms with Gasteiger partial charge in [0.05, 0.1) is 23.3 Å². The highest BCUT2D eigenvalue weighted by Crippen LogP contribution is 2.25. The lowest BCUT2D eigenvalue weighted by Gasteiger charge is -2.38. The molecule has 110 valence electrons. The lowest BCUT2D eigenvalue weighted by Crippen LogP contribution is -2.51. The van der Waals surface area contributed by atoms with Gasteiger partial charge in [-0.25, -0.2) is 4.68 Å². The summed E-state index contributed by atoms with van der Waals surface area (Å²) in [4.78, 5) is 19.1. The first kappa shape index (κ1) is 12.9. The summed E-state index contributed by atoms with van der Waals surface area (Å²) in [5.41, 5.74) is 2.35. The second-order valence-electron chi connectivity index (χ2n) is 5.58. The van der Waals surface area contributed by atoms with E-state index in [2.05, 4.69) is 15.3 Å². The molecule has 1 aliphatic rings. The Balaban J connectivity index is 1.60. The normalized spacial score (nSPS) is 15.0. The number of nitrogens with zero attached hydrogens (tertiary/aromatic N) is 5. The Hall–Kier alpha value is -2.76. The summed E-state index contributed by atoms with van der Waals surface area (Å²) in [6, 6.07) is 9.91. The van der Waals surface area contributed by atoms with Crippen LogP contribution >= 0.6 is 0 Å². The zero-order valence-electron chi connectivity index (χ0n) is 12.2. The Morgan fingerprint density at radius 2 is 2.09 bits per heavy atom. The summed E-state index contributed by atoms with van der Waals surface area (Å²) >= 11 is 0. The summed E-state index contributed by atoms with van der Waals surface area (Å²) in [6.45, 7) is 3.25. The Labute approximate surface area is 127 Å². The fraction of sp³-hybridized carbons (Fsp3) is 0.250. The summed E-state index contributed by atoms with van der Waals surface area (Å²) < 4.78 is 1.80. The first-order chi connectivity index (χ1) is 10.7. The van der Waals surface area contributed by atoms with Crippen LogP contribution in [-0.2, 0) is 0 Å². The SMILES string of the molecule is Cc1ccc2cccc(C(=O)N3CC(n4ccnn4)C3)c2n1. The number of amides is 1. The zero-order valence-corrected chi connectivity index (χ0v) is 12.2. The number of carbonyl (C=O) groups is 1. The van der Waals surface area contributed by atoms with E-state index in [1.165, 1.54) is 0 Å². The van der Waals surface area contributed by atoms with Gasteiger partial charge in [0.15, 0.2) is 0 Å². The van der Waals surface area contributed by atoms with E-state index < -0.39 is 0 Å². The average Bonchev–Trinajstić information content (AvgIpc) is 2.98. The smallest absolute Gasteiger partial charge is 0.256 e. The van der Waals surface area contributed by atoms with Gasteiger partial charge in [-0.2, -0.15) is 0 Å². The van der Waals surface area contributed by atoms with Gasteiger partial charge in [0, 0.05) is 30.4 Å². The molecule has 4 rings (SSSR count). The number of carbonyl (C=O) groups excluding carboxylic acids is 1. The minimum absolute atomic E-state index is 0.0278. The molecule has 0 radical (unpaired) electrons. The quantitative estimate of drug-likeness (QED) is 0.723. The van der Waals surface area contributed by atoms with Gasteiger partial charge < -0.3 is 4.90 Å². The fourth-order valence-corrected chi connectivity index (χ4v) is 2.79. The molecule has 0 spiro atoms. The maximum Gasteiger partial charge on any atom is 0.256 e. The molecule has 1 aliphatic heterocycles. The molecular formula is C16H15N5O. The van der Waals surface area contributed by atoms with Crippen molar-refractivity contribution in [2.45, 2.75) is 13.0 Å². The molecule has 22 heavy (non-hydrogen) atoms. The van der Waals surface area contributed by atoms with E-state index in [0.29, 0.717) is 18.7 Å². The lowest BCUT2D eigenvalue weighted by molar-refractivity contribution is 0.0500. The van der Waals surface area contributed by atoms with E-state index in [-0.39, 0.29) is 11.9 Å². The highest BCUT2D eigenvalue weighted by Gasteiger charge is 2.33. The number of rotatable bonds is 2. The average molecular weight is 293 g/mol. The molecule has 1 fully saturated rings. The predicted octanol–water partition coefficient (Wildman–Crippen LogP) is 1.83. The number of fused-ring (bicyclic) bond motifs is 1. The zero-order chi connectivity index (χ0) is 15.1. The van der Waals surface area contributed by atoms with Crippen LogP contribution in [0.5, 0.6) is 0 Å². The largest absolute Gasteiger partial charge is 0.334 e. The van der Waals surface area contributed by atoms with E-state index in [1.54, 1.807) is 10.9 Å². The molecule has 0 atom stereocenters. The number of likely N-dealkylation sites (tertiary alicyclic amines) is 1. The molecule has 0 saturated carbocycles. The molecule has 2 aromatic heterocycles. The van der Waals surface area contributed by atoms with Crippen LogP contribution in [0.25, 0.3) is 10.9 Å². The molecule has 6 nitrogen and oxygen atoms in total. The van der Waals surface area contributed by atoms with Crippen molar-refractivity contribution in [2.24, 2.45) is 0 Å². The third kappa shape index (κ3) is 2.04.